The van der Waals surface area contributed by atoms with Crippen molar-refractivity contribution in [2.45, 2.75) is 13.8 Å². The molecule has 0 heterocycles. The molecule has 0 fully saturated rings. The lowest BCUT2D eigenvalue weighted by molar-refractivity contribution is -0.105. The van der Waals surface area contributed by atoms with Gasteiger partial charge in [0.05, 0.1) is 10.0 Å². The van der Waals surface area contributed by atoms with Crippen LogP contribution in [0.25, 0.3) is 0 Å². The summed E-state index contributed by atoms with van der Waals surface area (Å²) < 4.78 is 0. The maximum atomic E-state index is 9.98. The van der Waals surface area contributed by atoms with Gasteiger partial charge in [-0.2, -0.15) is 0 Å². The largest absolute Gasteiger partial charge is 0.345 e. The molecule has 5 heteroatoms. The average Bonchev–Trinajstić information content (AvgIpc) is 2.68. The predicted molar refractivity (Wildman–Crippen MR) is 117 cm³/mol. The number of halogens is 2. The van der Waals surface area contributed by atoms with E-state index < -0.39 is 0 Å². The van der Waals surface area contributed by atoms with Crippen molar-refractivity contribution in [1.82, 2.24) is 0 Å². The number of amides is 1. The molecule has 0 atom stereocenters. The predicted octanol–water partition coefficient (Wildman–Crippen LogP) is 6.63. The summed E-state index contributed by atoms with van der Waals surface area (Å²) in [6.45, 7) is 4.29. The van der Waals surface area contributed by atoms with Crippen LogP contribution in [0.15, 0.2) is 66.7 Å². The molecule has 3 nitrogen and oxygen atoms in total. The highest BCUT2D eigenvalue weighted by molar-refractivity contribution is 6.42. The molecule has 0 aliphatic heterocycles. The van der Waals surface area contributed by atoms with Gasteiger partial charge in [0.25, 0.3) is 0 Å². The van der Waals surface area contributed by atoms with Crippen molar-refractivity contribution in [3.63, 3.8) is 0 Å². The van der Waals surface area contributed by atoms with Crippen LogP contribution in [0, 0.1) is 13.8 Å². The number of hydrogen-bond donors (Lipinski definition) is 1. The van der Waals surface area contributed by atoms with Gasteiger partial charge in [-0.05, 0) is 67.4 Å². The minimum Gasteiger partial charge on any atom is -0.345 e. The van der Waals surface area contributed by atoms with Gasteiger partial charge in [0, 0.05) is 24.1 Å². The number of benzene rings is 3. The third kappa shape index (κ3) is 6.02. The number of anilines is 3. The van der Waals surface area contributed by atoms with Gasteiger partial charge in [-0.15, -0.1) is 0 Å². The lowest BCUT2D eigenvalue weighted by Gasteiger charge is -2.20. The minimum absolute atomic E-state index is 0.429. The summed E-state index contributed by atoms with van der Waals surface area (Å²) in [7, 11) is 2.10. The molecule has 0 aromatic heterocycles. The first-order valence-electron chi connectivity index (χ1n) is 8.43. The second-order valence-corrected chi connectivity index (χ2v) is 6.87. The van der Waals surface area contributed by atoms with Gasteiger partial charge >= 0.3 is 0 Å². The summed E-state index contributed by atoms with van der Waals surface area (Å²) in [5.41, 5.74) is 5.75. The van der Waals surface area contributed by atoms with Crippen molar-refractivity contribution in [2.75, 3.05) is 17.3 Å². The van der Waals surface area contributed by atoms with Crippen molar-refractivity contribution in [3.8, 4) is 0 Å². The molecule has 0 unspecified atom stereocenters. The maximum absolute atomic E-state index is 9.98. The van der Waals surface area contributed by atoms with Crippen LogP contribution in [0.4, 0.5) is 17.1 Å². The third-order valence-electron chi connectivity index (χ3n) is 4.17. The number of carbonyl (C=O) groups is 1. The van der Waals surface area contributed by atoms with Crippen LogP contribution in [0.5, 0.6) is 0 Å². The van der Waals surface area contributed by atoms with Crippen molar-refractivity contribution < 1.29 is 4.79 Å². The van der Waals surface area contributed by atoms with E-state index in [1.165, 1.54) is 22.5 Å². The monoisotopic (exact) mass is 400 g/mol. The molecule has 1 N–H and O–H groups in total. The highest BCUT2D eigenvalue weighted by Crippen LogP contribution is 2.25. The fourth-order valence-electron chi connectivity index (χ4n) is 2.39. The quantitative estimate of drug-likeness (QED) is 0.498. The second-order valence-electron chi connectivity index (χ2n) is 6.05. The van der Waals surface area contributed by atoms with Crippen molar-refractivity contribution in [1.29, 1.82) is 0 Å². The fourth-order valence-corrected chi connectivity index (χ4v) is 2.69. The average molecular weight is 401 g/mol. The zero-order chi connectivity index (χ0) is 19.8. The van der Waals surface area contributed by atoms with Gasteiger partial charge in [-0.3, -0.25) is 4.79 Å². The molecule has 0 aliphatic carbocycles. The summed E-state index contributed by atoms with van der Waals surface area (Å²) in [6, 6.07) is 21.8. The molecule has 0 spiro atoms. The summed E-state index contributed by atoms with van der Waals surface area (Å²) >= 11 is 11.3. The topological polar surface area (TPSA) is 32.3 Å². The number of rotatable bonds is 4. The zero-order valence-corrected chi connectivity index (χ0v) is 17.1. The van der Waals surface area contributed by atoms with E-state index in [9.17, 15) is 4.79 Å². The maximum Gasteiger partial charge on any atom is 0.211 e. The molecule has 0 saturated heterocycles. The van der Waals surface area contributed by atoms with E-state index >= 15 is 0 Å². The third-order valence-corrected chi connectivity index (χ3v) is 4.91. The van der Waals surface area contributed by atoms with Gasteiger partial charge in [0.2, 0.25) is 6.41 Å². The molecular formula is C22H22Cl2N2O. The first kappa shape index (κ1) is 20.8. The SMILES string of the molecule is Cc1ccc(N(C)c2ccccc2)cc1C.O=CNc1ccc(Cl)c(Cl)c1. The Labute approximate surface area is 170 Å². The van der Waals surface area contributed by atoms with Gasteiger partial charge in [-0.25, -0.2) is 0 Å². The second kappa shape index (κ2) is 10.0. The Bertz CT molecular complexity index is 898. The fraction of sp³-hybridized carbons (Fsp3) is 0.136. The Morgan fingerprint density at radius 2 is 1.52 bits per heavy atom. The Morgan fingerprint density at radius 1 is 0.815 bits per heavy atom. The normalized spacial score (nSPS) is 9.81. The Balaban J connectivity index is 0.000000208. The van der Waals surface area contributed by atoms with E-state index in [1.54, 1.807) is 18.2 Å². The molecular weight excluding hydrogens is 379 g/mol. The molecule has 0 saturated carbocycles. The van der Waals surface area contributed by atoms with E-state index in [-0.39, 0.29) is 0 Å². The first-order chi connectivity index (χ1) is 12.9. The number of nitrogens with zero attached hydrogens (tertiary/aromatic N) is 1. The Hall–Kier alpha value is -2.49. The summed E-state index contributed by atoms with van der Waals surface area (Å²) in [4.78, 5) is 12.2. The molecule has 3 rings (SSSR count). The highest BCUT2D eigenvalue weighted by atomic mass is 35.5. The van der Waals surface area contributed by atoms with Crippen molar-refractivity contribution in [3.05, 3.63) is 87.9 Å². The van der Waals surface area contributed by atoms with Crippen LogP contribution < -0.4 is 10.2 Å². The number of hydrogen-bond acceptors (Lipinski definition) is 2. The van der Waals surface area contributed by atoms with E-state index in [0.717, 1.165) is 0 Å². The van der Waals surface area contributed by atoms with Crippen LogP contribution in [0.3, 0.4) is 0 Å². The Morgan fingerprint density at radius 3 is 2.11 bits per heavy atom. The van der Waals surface area contributed by atoms with E-state index in [0.29, 0.717) is 22.1 Å². The smallest absolute Gasteiger partial charge is 0.211 e. The summed E-state index contributed by atoms with van der Waals surface area (Å²) in [6.07, 6.45) is 0.583. The number of nitrogens with one attached hydrogen (secondary N) is 1. The zero-order valence-electron chi connectivity index (χ0n) is 15.5. The molecule has 3 aromatic rings. The number of carbonyl (C=O) groups excluding carboxylic acids is 1. The van der Waals surface area contributed by atoms with E-state index in [1.807, 2.05) is 6.07 Å². The summed E-state index contributed by atoms with van der Waals surface area (Å²) in [5, 5.41) is 3.36. The summed E-state index contributed by atoms with van der Waals surface area (Å²) in [5.74, 6) is 0. The molecule has 27 heavy (non-hydrogen) atoms. The lowest BCUT2D eigenvalue weighted by Crippen LogP contribution is -2.09. The lowest BCUT2D eigenvalue weighted by atomic mass is 10.1. The van der Waals surface area contributed by atoms with Gasteiger partial charge < -0.3 is 10.2 Å². The van der Waals surface area contributed by atoms with Crippen LogP contribution in [0.1, 0.15) is 11.1 Å². The first-order valence-corrected chi connectivity index (χ1v) is 9.19. The van der Waals surface area contributed by atoms with E-state index in [2.05, 4.69) is 73.6 Å². The number of para-hydroxylation sites is 1. The van der Waals surface area contributed by atoms with Crippen molar-refractivity contribution in [2.24, 2.45) is 0 Å². The van der Waals surface area contributed by atoms with Crippen LogP contribution >= 0.6 is 23.2 Å². The highest BCUT2D eigenvalue weighted by Gasteiger charge is 2.03. The molecule has 1 amide bonds. The van der Waals surface area contributed by atoms with Crippen molar-refractivity contribution >= 4 is 46.7 Å². The van der Waals surface area contributed by atoms with E-state index in [4.69, 9.17) is 23.2 Å². The van der Waals surface area contributed by atoms with Crippen LogP contribution in [-0.4, -0.2) is 13.5 Å². The van der Waals surface area contributed by atoms with Gasteiger partial charge in [0.15, 0.2) is 0 Å². The molecule has 3 aromatic carbocycles. The molecule has 0 aliphatic rings. The van der Waals surface area contributed by atoms with Gasteiger partial charge in [-0.1, -0.05) is 47.5 Å². The number of aryl methyl sites for hydroxylation is 2. The Kier molecular flexibility index (Phi) is 7.71. The van der Waals surface area contributed by atoms with Gasteiger partial charge in [0.1, 0.15) is 0 Å². The minimum atomic E-state index is 0.429. The van der Waals surface area contributed by atoms with Crippen LogP contribution in [-0.2, 0) is 4.79 Å². The molecule has 140 valence electrons. The van der Waals surface area contributed by atoms with Crippen LogP contribution in [0.2, 0.25) is 10.0 Å². The molecule has 0 radical (unpaired) electrons. The molecule has 0 bridgehead atoms. The standard InChI is InChI=1S/C15H17N.C7H5Cl2NO/c1-12-9-10-15(11-13(12)2)16(3)14-7-5-4-6-8-14;8-6-2-1-5(10-4-11)3-7(6)9/h4-11H,1-3H3;1-4H,(H,10,11).